The van der Waals surface area contributed by atoms with Crippen molar-refractivity contribution in [2.45, 2.75) is 23.8 Å². The molecule has 1 aliphatic rings. The van der Waals surface area contributed by atoms with E-state index in [1.54, 1.807) is 7.05 Å². The van der Waals surface area contributed by atoms with Gasteiger partial charge in [0.2, 0.25) is 10.0 Å². The zero-order chi connectivity index (χ0) is 15.6. The van der Waals surface area contributed by atoms with Crippen LogP contribution in [-0.4, -0.2) is 45.8 Å². The maximum Gasteiger partial charge on any atom is 0.337 e. The summed E-state index contributed by atoms with van der Waals surface area (Å²) in [7, 11) is -2.13. The number of sulfonamides is 1. The average Bonchev–Trinajstić information content (AvgIpc) is 2.45. The van der Waals surface area contributed by atoms with E-state index in [2.05, 4.69) is 0 Å². The highest BCUT2D eigenvalue weighted by Crippen LogP contribution is 2.27. The molecular formula is C13H18N2O5S. The number of primary sulfonamides is 1. The molecule has 21 heavy (non-hydrogen) atoms. The van der Waals surface area contributed by atoms with Crippen LogP contribution in [0.3, 0.4) is 0 Å². The third kappa shape index (κ3) is 3.52. The number of anilines is 1. The summed E-state index contributed by atoms with van der Waals surface area (Å²) < 4.78 is 28.0. The first kappa shape index (κ1) is 15.7. The fraction of sp³-hybridized carbons (Fsp3) is 0.462. The van der Waals surface area contributed by atoms with E-state index in [0.717, 1.165) is 18.9 Å². The summed E-state index contributed by atoms with van der Waals surface area (Å²) in [5.74, 6) is -1.19. The molecule has 1 aliphatic heterocycles. The zero-order valence-corrected chi connectivity index (χ0v) is 12.5. The fourth-order valence-electron chi connectivity index (χ4n) is 2.44. The average molecular weight is 314 g/mol. The second-order valence-electron chi connectivity index (χ2n) is 4.98. The topological polar surface area (TPSA) is 110 Å². The number of nitrogens with two attached hydrogens (primary N) is 1. The van der Waals surface area contributed by atoms with E-state index in [0.29, 0.717) is 18.9 Å². The molecule has 0 aromatic heterocycles. The maximum atomic E-state index is 11.4. The Morgan fingerprint density at radius 2 is 2.00 bits per heavy atom. The van der Waals surface area contributed by atoms with Gasteiger partial charge in [0.25, 0.3) is 0 Å². The predicted octanol–water partition coefficient (Wildman–Crippen LogP) is 0.647. The lowest BCUT2D eigenvalue weighted by Gasteiger charge is -2.33. The van der Waals surface area contributed by atoms with Gasteiger partial charge in [0.1, 0.15) is 0 Å². The van der Waals surface area contributed by atoms with Crippen molar-refractivity contribution in [1.29, 1.82) is 0 Å². The molecule has 8 heteroatoms. The number of ether oxygens (including phenoxy) is 1. The van der Waals surface area contributed by atoms with Gasteiger partial charge in [-0.3, -0.25) is 0 Å². The summed E-state index contributed by atoms with van der Waals surface area (Å²) in [6.07, 6.45) is 1.60. The second-order valence-corrected chi connectivity index (χ2v) is 6.54. The number of benzene rings is 1. The molecule has 116 valence electrons. The Balaban J connectivity index is 2.40. The van der Waals surface area contributed by atoms with Crippen LogP contribution in [0.25, 0.3) is 0 Å². The highest BCUT2D eigenvalue weighted by Gasteiger charge is 2.24. The van der Waals surface area contributed by atoms with Crippen LogP contribution in [0.1, 0.15) is 23.2 Å². The third-order valence-corrected chi connectivity index (χ3v) is 4.56. The molecule has 1 aromatic rings. The highest BCUT2D eigenvalue weighted by molar-refractivity contribution is 7.89. The molecule has 1 fully saturated rings. The molecule has 0 unspecified atom stereocenters. The van der Waals surface area contributed by atoms with Gasteiger partial charge < -0.3 is 14.7 Å². The maximum absolute atomic E-state index is 11.4. The first-order valence-corrected chi connectivity index (χ1v) is 8.06. The normalized spacial score (nSPS) is 16.7. The van der Waals surface area contributed by atoms with Crippen molar-refractivity contribution >= 4 is 21.7 Å². The largest absolute Gasteiger partial charge is 0.478 e. The van der Waals surface area contributed by atoms with E-state index >= 15 is 0 Å². The van der Waals surface area contributed by atoms with Gasteiger partial charge in [0.05, 0.1) is 16.1 Å². The van der Waals surface area contributed by atoms with Gasteiger partial charge in [-0.1, -0.05) is 0 Å². The lowest BCUT2D eigenvalue weighted by atomic mass is 10.0. The van der Waals surface area contributed by atoms with Gasteiger partial charge in [-0.25, -0.2) is 18.4 Å². The number of hydrogen-bond donors (Lipinski definition) is 2. The molecule has 1 heterocycles. The Morgan fingerprint density at radius 3 is 2.52 bits per heavy atom. The van der Waals surface area contributed by atoms with Crippen LogP contribution in [-0.2, 0) is 14.8 Å². The number of aromatic carboxylic acids is 1. The molecule has 2 rings (SSSR count). The van der Waals surface area contributed by atoms with Gasteiger partial charge in [-0.15, -0.1) is 0 Å². The van der Waals surface area contributed by atoms with Crippen molar-refractivity contribution in [2.24, 2.45) is 5.14 Å². The SMILES string of the molecule is CN(c1ccc(S(N)(=O)=O)cc1C(=O)O)C1CCOCC1. The van der Waals surface area contributed by atoms with Gasteiger partial charge in [-0.2, -0.15) is 0 Å². The minimum Gasteiger partial charge on any atom is -0.478 e. The minimum absolute atomic E-state index is 0.0736. The number of carboxylic acids is 1. The van der Waals surface area contributed by atoms with Crippen LogP contribution < -0.4 is 10.0 Å². The van der Waals surface area contributed by atoms with E-state index in [-0.39, 0.29) is 16.5 Å². The number of rotatable bonds is 4. The second kappa shape index (κ2) is 6.00. The van der Waals surface area contributed by atoms with E-state index in [4.69, 9.17) is 9.88 Å². The molecule has 0 bridgehead atoms. The zero-order valence-electron chi connectivity index (χ0n) is 11.7. The molecule has 1 aromatic carbocycles. The Hall–Kier alpha value is -1.64. The summed E-state index contributed by atoms with van der Waals surface area (Å²) in [5.41, 5.74) is 0.400. The van der Waals surface area contributed by atoms with Crippen molar-refractivity contribution in [1.82, 2.24) is 0 Å². The lowest BCUT2D eigenvalue weighted by molar-refractivity contribution is 0.0696. The molecule has 0 saturated carbocycles. The molecule has 0 radical (unpaired) electrons. The standard InChI is InChI=1S/C13H18N2O5S/c1-15(9-4-6-20-7-5-9)12-3-2-10(21(14,18)19)8-11(12)13(16)17/h2-3,8-9H,4-7H2,1H3,(H,16,17)(H2,14,18,19). The smallest absolute Gasteiger partial charge is 0.337 e. The van der Waals surface area contributed by atoms with Crippen LogP contribution in [0.15, 0.2) is 23.1 Å². The lowest BCUT2D eigenvalue weighted by Crippen LogP contribution is -2.37. The van der Waals surface area contributed by atoms with E-state index in [9.17, 15) is 18.3 Å². The van der Waals surface area contributed by atoms with Crippen molar-refractivity contribution in [3.63, 3.8) is 0 Å². The molecule has 7 nitrogen and oxygen atoms in total. The van der Waals surface area contributed by atoms with Crippen molar-refractivity contribution in [3.05, 3.63) is 23.8 Å². The van der Waals surface area contributed by atoms with Crippen LogP contribution in [0.2, 0.25) is 0 Å². The Kier molecular flexibility index (Phi) is 4.50. The number of nitrogens with zero attached hydrogens (tertiary/aromatic N) is 1. The molecule has 0 spiro atoms. The Morgan fingerprint density at radius 1 is 1.38 bits per heavy atom. The van der Waals surface area contributed by atoms with Crippen LogP contribution >= 0.6 is 0 Å². The molecule has 1 saturated heterocycles. The Labute approximate surface area is 123 Å². The van der Waals surface area contributed by atoms with Gasteiger partial charge in [-0.05, 0) is 31.0 Å². The van der Waals surface area contributed by atoms with E-state index in [1.165, 1.54) is 12.1 Å². The molecular weight excluding hydrogens is 296 g/mol. The summed E-state index contributed by atoms with van der Waals surface area (Å²) >= 11 is 0. The summed E-state index contributed by atoms with van der Waals surface area (Å²) in [6, 6.07) is 4.08. The monoisotopic (exact) mass is 314 g/mol. The van der Waals surface area contributed by atoms with Gasteiger partial charge in [0, 0.05) is 26.3 Å². The molecule has 0 amide bonds. The Bertz CT molecular complexity index is 638. The molecule has 3 N–H and O–H groups in total. The van der Waals surface area contributed by atoms with Crippen LogP contribution in [0, 0.1) is 0 Å². The summed E-state index contributed by atoms with van der Waals surface area (Å²) in [5, 5.41) is 14.4. The minimum atomic E-state index is -3.93. The van der Waals surface area contributed by atoms with Crippen molar-refractivity contribution in [3.8, 4) is 0 Å². The first-order valence-electron chi connectivity index (χ1n) is 6.51. The van der Waals surface area contributed by atoms with Crippen molar-refractivity contribution < 1.29 is 23.1 Å². The third-order valence-electron chi connectivity index (χ3n) is 3.65. The molecule has 0 atom stereocenters. The summed E-state index contributed by atoms with van der Waals surface area (Å²) in [6.45, 7) is 1.26. The van der Waals surface area contributed by atoms with Gasteiger partial charge in [0.15, 0.2) is 0 Å². The van der Waals surface area contributed by atoms with Crippen LogP contribution in [0.4, 0.5) is 5.69 Å². The fourth-order valence-corrected chi connectivity index (χ4v) is 2.98. The van der Waals surface area contributed by atoms with Crippen molar-refractivity contribution in [2.75, 3.05) is 25.2 Å². The molecule has 0 aliphatic carbocycles. The quantitative estimate of drug-likeness (QED) is 0.844. The van der Waals surface area contributed by atoms with Crippen LogP contribution in [0.5, 0.6) is 0 Å². The van der Waals surface area contributed by atoms with Gasteiger partial charge >= 0.3 is 5.97 Å². The number of hydrogen-bond acceptors (Lipinski definition) is 5. The number of carboxylic acid groups (broad SMARTS) is 1. The predicted molar refractivity (Wildman–Crippen MR) is 77.0 cm³/mol. The summed E-state index contributed by atoms with van der Waals surface area (Å²) in [4.78, 5) is 13.1. The van der Waals surface area contributed by atoms with E-state index in [1.807, 2.05) is 4.90 Å². The highest BCUT2D eigenvalue weighted by atomic mass is 32.2. The van der Waals surface area contributed by atoms with E-state index < -0.39 is 16.0 Å². The first-order chi connectivity index (χ1) is 9.80. The number of carbonyl (C=O) groups is 1.